The van der Waals surface area contributed by atoms with Crippen LogP contribution in [0.1, 0.15) is 61.3 Å². The van der Waals surface area contributed by atoms with Crippen molar-refractivity contribution in [2.75, 3.05) is 19.7 Å². The van der Waals surface area contributed by atoms with E-state index in [4.69, 9.17) is 27.3 Å². The molecule has 35 heavy (non-hydrogen) atoms. The van der Waals surface area contributed by atoms with Gasteiger partial charge in [-0.1, -0.05) is 49.2 Å². The average Bonchev–Trinajstić information content (AvgIpc) is 3.69. The summed E-state index contributed by atoms with van der Waals surface area (Å²) in [5, 5.41) is 13.1. The number of nitrogens with two attached hydrogens (primary N) is 1. The zero-order valence-electron chi connectivity index (χ0n) is 20.8. The van der Waals surface area contributed by atoms with Gasteiger partial charge in [-0.3, -0.25) is 4.79 Å². The Morgan fingerprint density at radius 1 is 1.23 bits per heavy atom. The summed E-state index contributed by atoms with van der Waals surface area (Å²) in [6.45, 7) is 6.08. The smallest absolute Gasteiger partial charge is 0.166 e. The van der Waals surface area contributed by atoms with Gasteiger partial charge in [0.05, 0.1) is 29.4 Å². The van der Waals surface area contributed by atoms with Crippen molar-refractivity contribution in [1.29, 1.82) is 5.26 Å². The Balaban J connectivity index is 1.79. The molecule has 0 heterocycles. The fourth-order valence-corrected chi connectivity index (χ4v) is 4.43. The summed E-state index contributed by atoms with van der Waals surface area (Å²) < 4.78 is 6.39. The van der Waals surface area contributed by atoms with E-state index in [1.807, 2.05) is 43.3 Å². The molecule has 1 aliphatic carbocycles. The molecule has 0 bridgehead atoms. The predicted molar refractivity (Wildman–Crippen MR) is 142 cm³/mol. The summed E-state index contributed by atoms with van der Waals surface area (Å²) in [7, 11) is 0. The van der Waals surface area contributed by atoms with Gasteiger partial charge in [0, 0.05) is 22.8 Å². The summed E-state index contributed by atoms with van der Waals surface area (Å²) in [6, 6.07) is 15.4. The molecule has 186 valence electrons. The maximum Gasteiger partial charge on any atom is 0.166 e. The molecule has 2 aromatic rings. The third-order valence-electron chi connectivity index (χ3n) is 6.42. The lowest BCUT2D eigenvalue weighted by Crippen LogP contribution is -2.27. The second-order valence-corrected chi connectivity index (χ2v) is 9.71. The molecule has 5 nitrogen and oxygen atoms in total. The third-order valence-corrected chi connectivity index (χ3v) is 6.74. The summed E-state index contributed by atoms with van der Waals surface area (Å²) in [6.07, 6.45) is 5.48. The van der Waals surface area contributed by atoms with Crippen LogP contribution in [0.4, 0.5) is 0 Å². The number of unbranched alkanes of at least 4 members (excludes halogenated alkanes) is 1. The largest absolute Gasteiger partial charge is 0.398 e. The zero-order valence-corrected chi connectivity index (χ0v) is 21.5. The van der Waals surface area contributed by atoms with Crippen LogP contribution in [0.15, 0.2) is 48.0 Å². The van der Waals surface area contributed by atoms with E-state index >= 15 is 0 Å². The Morgan fingerprint density at radius 3 is 2.60 bits per heavy atom. The summed E-state index contributed by atoms with van der Waals surface area (Å²) in [5.74, 6) is 0.0997. The van der Waals surface area contributed by atoms with Gasteiger partial charge in [0.25, 0.3) is 0 Å². The van der Waals surface area contributed by atoms with E-state index in [9.17, 15) is 4.79 Å². The van der Waals surface area contributed by atoms with Crippen LogP contribution in [0.5, 0.6) is 0 Å². The number of rotatable bonds is 14. The summed E-state index contributed by atoms with van der Waals surface area (Å²) in [4.78, 5) is 13.2. The lowest BCUT2D eigenvalue weighted by atomic mass is 9.98. The van der Waals surface area contributed by atoms with Gasteiger partial charge in [0.2, 0.25) is 0 Å². The maximum absolute atomic E-state index is 13.2. The molecule has 6 heteroatoms. The molecule has 1 unspecified atom stereocenters. The Hall–Kier alpha value is -2.65. The Bertz CT molecular complexity index is 1050. The summed E-state index contributed by atoms with van der Waals surface area (Å²) >= 11 is 6.48. The van der Waals surface area contributed by atoms with Gasteiger partial charge in [0.1, 0.15) is 0 Å². The van der Waals surface area contributed by atoms with Crippen LogP contribution in [0, 0.1) is 24.2 Å². The number of ketones is 1. The van der Waals surface area contributed by atoms with Gasteiger partial charge in [-0.25, -0.2) is 0 Å². The molecule has 1 saturated carbocycles. The minimum Gasteiger partial charge on any atom is -0.398 e. The number of hydrogen-bond acceptors (Lipinski definition) is 5. The predicted octanol–water partition coefficient (Wildman–Crippen LogP) is 5.58. The second kappa shape index (κ2) is 13.4. The quantitative estimate of drug-likeness (QED) is 0.265. The van der Waals surface area contributed by atoms with Gasteiger partial charge >= 0.3 is 0 Å². The van der Waals surface area contributed by atoms with Gasteiger partial charge in [-0.15, -0.1) is 0 Å². The molecular formula is C29H36ClN3O2. The van der Waals surface area contributed by atoms with Crippen molar-refractivity contribution >= 4 is 23.1 Å². The number of halogens is 1. The van der Waals surface area contributed by atoms with E-state index in [-0.39, 0.29) is 24.4 Å². The number of carbonyl (C=O) groups excluding carboxylic acids is 1. The van der Waals surface area contributed by atoms with E-state index in [1.54, 1.807) is 6.07 Å². The van der Waals surface area contributed by atoms with Crippen LogP contribution in [0.3, 0.4) is 0 Å². The van der Waals surface area contributed by atoms with Crippen molar-refractivity contribution in [3.8, 4) is 6.07 Å². The molecule has 0 amide bonds. The monoisotopic (exact) mass is 493 g/mol. The minimum absolute atomic E-state index is 0.0302. The first-order valence-corrected chi connectivity index (χ1v) is 12.9. The van der Waals surface area contributed by atoms with Crippen molar-refractivity contribution in [3.63, 3.8) is 0 Å². The average molecular weight is 494 g/mol. The van der Waals surface area contributed by atoms with E-state index in [0.29, 0.717) is 33.8 Å². The van der Waals surface area contributed by atoms with E-state index in [2.05, 4.69) is 18.3 Å². The van der Waals surface area contributed by atoms with Crippen molar-refractivity contribution < 1.29 is 9.53 Å². The first-order chi connectivity index (χ1) is 16.9. The molecule has 3 rings (SSSR count). The molecule has 1 fully saturated rings. The van der Waals surface area contributed by atoms with Crippen LogP contribution in [0.25, 0.3) is 5.70 Å². The molecule has 0 aromatic heterocycles. The second-order valence-electron chi connectivity index (χ2n) is 9.30. The number of aryl methyl sites for hydroxylation is 1. The first kappa shape index (κ1) is 26.9. The Labute approximate surface area is 214 Å². The number of Topliss-reactive ketones (excluding diaryl/α,β-unsaturated/α-hetero) is 1. The van der Waals surface area contributed by atoms with Crippen LogP contribution in [-0.2, 0) is 16.0 Å². The first-order valence-electron chi connectivity index (χ1n) is 12.5. The Morgan fingerprint density at radius 2 is 1.97 bits per heavy atom. The molecule has 0 spiro atoms. The fourth-order valence-electron chi connectivity index (χ4n) is 4.11. The van der Waals surface area contributed by atoms with Crippen molar-refractivity contribution in [2.24, 2.45) is 11.7 Å². The molecule has 0 aliphatic heterocycles. The highest BCUT2D eigenvalue weighted by atomic mass is 35.5. The summed E-state index contributed by atoms with van der Waals surface area (Å²) in [5.41, 5.74) is 10.9. The number of nitrogens with one attached hydrogen (secondary N) is 1. The number of nitriles is 1. The minimum atomic E-state index is -0.0980. The van der Waals surface area contributed by atoms with Gasteiger partial charge in [-0.05, 0) is 81.4 Å². The van der Waals surface area contributed by atoms with E-state index in [1.165, 1.54) is 0 Å². The highest BCUT2D eigenvalue weighted by Crippen LogP contribution is 2.35. The Kier molecular flexibility index (Phi) is 10.3. The standard InChI is InChI=1S/C29H36ClN3O2/c1-3-4-15-33-16-14-24(17-21-8-10-22(18-31)11-9-21)35-19-25(29(34)23-12-13-23)28(32)27-20(2)6-5-7-26(27)30/h5-11,23-24,33H,3-4,12-17,19,32H2,1-2H3. The topological polar surface area (TPSA) is 88.1 Å². The third kappa shape index (κ3) is 7.93. The normalized spacial score (nSPS) is 14.8. The molecule has 1 atom stereocenters. The number of nitrogens with zero attached hydrogens (tertiary/aromatic N) is 1. The molecular weight excluding hydrogens is 458 g/mol. The van der Waals surface area contributed by atoms with Crippen LogP contribution < -0.4 is 11.1 Å². The lowest BCUT2D eigenvalue weighted by molar-refractivity contribution is -0.117. The molecule has 0 radical (unpaired) electrons. The molecule has 3 N–H and O–H groups in total. The number of carbonyl (C=O) groups is 1. The van der Waals surface area contributed by atoms with Crippen LogP contribution in [-0.4, -0.2) is 31.6 Å². The lowest BCUT2D eigenvalue weighted by Gasteiger charge is -2.21. The van der Waals surface area contributed by atoms with Crippen molar-refractivity contribution in [1.82, 2.24) is 5.32 Å². The van der Waals surface area contributed by atoms with E-state index in [0.717, 1.165) is 56.3 Å². The van der Waals surface area contributed by atoms with Gasteiger partial charge in [-0.2, -0.15) is 5.26 Å². The van der Waals surface area contributed by atoms with Crippen LogP contribution >= 0.6 is 11.6 Å². The fraction of sp³-hybridized carbons (Fsp3) is 0.448. The van der Waals surface area contributed by atoms with Crippen molar-refractivity contribution in [3.05, 3.63) is 75.3 Å². The number of benzene rings is 2. The van der Waals surface area contributed by atoms with Gasteiger partial charge in [0.15, 0.2) is 5.78 Å². The number of hydrogen-bond donors (Lipinski definition) is 2. The van der Waals surface area contributed by atoms with Crippen molar-refractivity contribution in [2.45, 2.75) is 58.5 Å². The van der Waals surface area contributed by atoms with E-state index < -0.39 is 0 Å². The highest BCUT2D eigenvalue weighted by molar-refractivity contribution is 6.32. The molecule has 2 aromatic carbocycles. The SMILES string of the molecule is CCCCNCCC(Cc1ccc(C#N)cc1)OCC(C(=O)C1CC1)=C(N)c1c(C)cccc1Cl. The van der Waals surface area contributed by atoms with Crippen LogP contribution in [0.2, 0.25) is 5.02 Å². The number of ether oxygens (including phenoxy) is 1. The molecule has 1 aliphatic rings. The molecule has 0 saturated heterocycles. The van der Waals surface area contributed by atoms with Gasteiger partial charge < -0.3 is 15.8 Å². The zero-order chi connectivity index (χ0) is 25.2. The maximum atomic E-state index is 13.2. The highest BCUT2D eigenvalue weighted by Gasteiger charge is 2.34.